The molecular weight excluding hydrogens is 163 g/mol. The molecule has 0 saturated carbocycles. The van der Waals surface area contributed by atoms with E-state index < -0.39 is 0 Å². The van der Waals surface area contributed by atoms with Crippen molar-refractivity contribution in [2.24, 2.45) is 0 Å². The zero-order chi connectivity index (χ0) is 9.54. The Morgan fingerprint density at radius 3 is 2.57 bits per heavy atom. The molecule has 3 rings (SSSR count). The predicted octanol–water partition coefficient (Wildman–Crippen LogP) is 2.05. The molecule has 0 radical (unpaired) electrons. The van der Waals surface area contributed by atoms with Crippen molar-refractivity contribution >= 4 is 22.0 Å². The van der Waals surface area contributed by atoms with Crippen molar-refractivity contribution in [3.63, 3.8) is 0 Å². The van der Waals surface area contributed by atoms with Crippen LogP contribution in [0.25, 0.3) is 11.1 Å². The van der Waals surface area contributed by atoms with Gasteiger partial charge in [0.2, 0.25) is 0 Å². The van der Waals surface area contributed by atoms with Gasteiger partial charge in [0.25, 0.3) is 0 Å². The van der Waals surface area contributed by atoms with Crippen molar-refractivity contribution in [1.82, 2.24) is 0 Å². The quantitative estimate of drug-likeness (QED) is 0.455. The molecule has 0 aliphatic heterocycles. The van der Waals surface area contributed by atoms with Crippen molar-refractivity contribution in [3.8, 4) is 11.1 Å². The number of benzene rings is 2. The fourth-order valence-corrected chi connectivity index (χ4v) is 2.32. The third-order valence-electron chi connectivity index (χ3n) is 3.09. The molecule has 0 nitrogen and oxygen atoms in total. The van der Waals surface area contributed by atoms with Gasteiger partial charge in [-0.05, 0) is 0 Å². The molecule has 0 fully saturated rings. The molecule has 0 atom stereocenters. The second-order valence-corrected chi connectivity index (χ2v) is 3.93. The molecule has 2 aromatic carbocycles. The second-order valence-electron chi connectivity index (χ2n) is 3.93. The van der Waals surface area contributed by atoms with Crippen LogP contribution in [0, 0.1) is 0 Å². The van der Waals surface area contributed by atoms with Crippen LogP contribution >= 0.6 is 0 Å². The van der Waals surface area contributed by atoms with E-state index in [2.05, 4.69) is 60.2 Å². The summed E-state index contributed by atoms with van der Waals surface area (Å²) >= 11 is 2.20. The van der Waals surface area contributed by atoms with Crippen molar-refractivity contribution < 1.29 is 0 Å². The first-order chi connectivity index (χ1) is 6.86. The molecule has 1 heteroatoms. The van der Waals surface area contributed by atoms with Gasteiger partial charge in [0.1, 0.15) is 0 Å². The van der Waals surface area contributed by atoms with E-state index in [0.717, 1.165) is 6.42 Å². The van der Waals surface area contributed by atoms with Crippen LogP contribution in [0.2, 0.25) is 0 Å². The zero-order valence-corrected chi connectivity index (χ0v) is 8.25. The maximum atomic E-state index is 2.23. The Bertz CT molecular complexity index is 500. The first kappa shape index (κ1) is 8.35. The molecule has 0 spiro atoms. The van der Waals surface area contributed by atoms with E-state index >= 15 is 0 Å². The average molecular weight is 172 g/mol. The maximum absolute atomic E-state index is 2.23. The van der Waals surface area contributed by atoms with Crippen LogP contribution in [-0.4, -0.2) is 17.7 Å². The number of rotatable bonds is 0. The average Bonchev–Trinajstić information content (AvgIpc) is 2.59. The van der Waals surface area contributed by atoms with Crippen LogP contribution in [0.1, 0.15) is 11.1 Å². The van der Waals surface area contributed by atoms with Gasteiger partial charge in [-0.25, -0.2) is 0 Å². The molecule has 0 heterocycles. The van der Waals surface area contributed by atoms with E-state index in [4.69, 9.17) is 0 Å². The monoisotopic (exact) mass is 172 g/mol. The third kappa shape index (κ3) is 1.08. The fourth-order valence-electron chi connectivity index (χ4n) is 2.32. The van der Waals surface area contributed by atoms with E-state index in [9.17, 15) is 0 Å². The minimum atomic E-state index is 1.11. The molecule has 2 aromatic rings. The van der Waals surface area contributed by atoms with Crippen molar-refractivity contribution in [1.29, 1.82) is 0 Å². The Labute approximate surface area is 93.2 Å². The summed E-state index contributed by atoms with van der Waals surface area (Å²) in [5.74, 6) is 0. The summed E-state index contributed by atoms with van der Waals surface area (Å²) in [7, 11) is 0. The molecule has 0 N–H and O–H groups in total. The van der Waals surface area contributed by atoms with Crippen LogP contribution in [0.3, 0.4) is 0 Å². The van der Waals surface area contributed by atoms with Gasteiger partial charge in [-0.1, -0.05) is 0 Å². The number of hydrogen-bond donors (Lipinski definition) is 0. The van der Waals surface area contributed by atoms with Crippen LogP contribution in [0.5, 0.6) is 0 Å². The standard InChI is InChI=1S/C13H9.Li/c1-3-7-12-10(5-1)9-11-6-2-4-8-13(11)12;/h1-5,7-8H,9H2;. The second kappa shape index (κ2) is 3.02. The first-order valence-electron chi connectivity index (χ1n) is 5.03. The van der Waals surface area contributed by atoms with E-state index in [1.54, 1.807) is 0 Å². The van der Waals surface area contributed by atoms with E-state index in [1.165, 1.54) is 26.5 Å². The topological polar surface area (TPSA) is 0 Å². The molecule has 14 heavy (non-hydrogen) atoms. The Morgan fingerprint density at radius 1 is 0.857 bits per heavy atom. The normalized spacial score (nSPS) is 12.4. The fraction of sp³-hybridized carbons (Fsp3) is 0.0769. The molecule has 0 unspecified atom stereocenters. The van der Waals surface area contributed by atoms with Gasteiger partial charge in [-0.3, -0.25) is 0 Å². The minimum absolute atomic E-state index is 1.11. The van der Waals surface area contributed by atoms with Crippen molar-refractivity contribution in [2.45, 2.75) is 6.42 Å². The number of hydrogen-bond acceptors (Lipinski definition) is 0. The Morgan fingerprint density at radius 2 is 1.64 bits per heavy atom. The molecule has 0 amide bonds. The number of fused-ring (bicyclic) bond motifs is 3. The molecule has 62 valence electrons. The predicted molar refractivity (Wildman–Crippen MR) is 60.1 cm³/mol. The van der Waals surface area contributed by atoms with Crippen molar-refractivity contribution in [3.05, 3.63) is 53.6 Å². The van der Waals surface area contributed by atoms with Gasteiger partial charge < -0.3 is 0 Å². The molecular formula is C13H9Li. The van der Waals surface area contributed by atoms with Gasteiger partial charge >= 0.3 is 93.1 Å². The molecule has 0 saturated heterocycles. The molecule has 0 aromatic heterocycles. The zero-order valence-electron chi connectivity index (χ0n) is 8.25. The van der Waals surface area contributed by atoms with Crippen LogP contribution < -0.4 is 4.24 Å². The SMILES string of the molecule is [Li][c]1cccc2c1Cc1ccccc1-2. The Balaban J connectivity index is 2.33. The van der Waals surface area contributed by atoms with Crippen LogP contribution in [-0.2, 0) is 6.42 Å². The summed E-state index contributed by atoms with van der Waals surface area (Å²) in [6, 6.07) is 15.3. The summed E-state index contributed by atoms with van der Waals surface area (Å²) in [5, 5.41) is 0. The van der Waals surface area contributed by atoms with E-state index in [1.807, 2.05) is 0 Å². The van der Waals surface area contributed by atoms with Gasteiger partial charge in [0, 0.05) is 0 Å². The van der Waals surface area contributed by atoms with Gasteiger partial charge in [0.05, 0.1) is 0 Å². The van der Waals surface area contributed by atoms with E-state index in [-0.39, 0.29) is 0 Å². The molecule has 0 bridgehead atoms. The van der Waals surface area contributed by atoms with Gasteiger partial charge in [0.15, 0.2) is 0 Å². The van der Waals surface area contributed by atoms with Crippen molar-refractivity contribution in [2.75, 3.05) is 0 Å². The summed E-state index contributed by atoms with van der Waals surface area (Å²) in [4.78, 5) is 0. The first-order valence-corrected chi connectivity index (χ1v) is 5.03. The third-order valence-corrected chi connectivity index (χ3v) is 3.09. The summed E-state index contributed by atoms with van der Waals surface area (Å²) in [5.41, 5.74) is 5.83. The van der Waals surface area contributed by atoms with Gasteiger partial charge in [-0.2, -0.15) is 0 Å². The Hall–Kier alpha value is -0.963. The summed E-state index contributed by atoms with van der Waals surface area (Å²) in [6.07, 6.45) is 1.11. The molecule has 1 aliphatic rings. The summed E-state index contributed by atoms with van der Waals surface area (Å²) < 4.78 is 1.42. The van der Waals surface area contributed by atoms with Gasteiger partial charge in [-0.15, -0.1) is 0 Å². The Kier molecular flexibility index (Phi) is 1.80. The molecule has 1 aliphatic carbocycles. The van der Waals surface area contributed by atoms with Crippen LogP contribution in [0.15, 0.2) is 42.5 Å². The van der Waals surface area contributed by atoms with E-state index in [0.29, 0.717) is 0 Å². The summed E-state index contributed by atoms with van der Waals surface area (Å²) in [6.45, 7) is 0. The van der Waals surface area contributed by atoms with Crippen LogP contribution in [0.4, 0.5) is 0 Å².